The van der Waals surface area contributed by atoms with Crippen LogP contribution >= 0.6 is 11.3 Å². The normalized spacial score (nSPS) is 20.8. The lowest BCUT2D eigenvalue weighted by Gasteiger charge is -2.26. The van der Waals surface area contributed by atoms with Crippen LogP contribution in [0, 0.1) is 0 Å². The van der Waals surface area contributed by atoms with E-state index in [1.807, 2.05) is 24.3 Å². The molecular formula is C21H26N6OS. The monoisotopic (exact) mass is 410 g/mol. The average Bonchev–Trinajstić information content (AvgIpc) is 3.18. The second-order valence-corrected chi connectivity index (χ2v) is 8.90. The Bertz CT molecular complexity index is 1020. The van der Waals surface area contributed by atoms with Crippen molar-refractivity contribution in [2.45, 2.75) is 37.6 Å². The van der Waals surface area contributed by atoms with Gasteiger partial charge in [0.05, 0.1) is 10.2 Å². The van der Waals surface area contributed by atoms with Crippen molar-refractivity contribution >= 4 is 27.4 Å². The summed E-state index contributed by atoms with van der Waals surface area (Å²) in [5, 5.41) is 11.1. The van der Waals surface area contributed by atoms with Crippen LogP contribution in [0.3, 0.4) is 0 Å². The van der Waals surface area contributed by atoms with Gasteiger partial charge in [0.2, 0.25) is 0 Å². The van der Waals surface area contributed by atoms with E-state index in [1.165, 1.54) is 0 Å². The first-order valence-electron chi connectivity index (χ1n) is 10.5. The van der Waals surface area contributed by atoms with Crippen molar-refractivity contribution in [1.82, 2.24) is 25.6 Å². The van der Waals surface area contributed by atoms with Crippen molar-refractivity contribution in [2.24, 2.45) is 0 Å². The predicted molar refractivity (Wildman–Crippen MR) is 118 cm³/mol. The minimum atomic E-state index is -0.0983. The molecule has 152 valence electrons. The molecule has 4 N–H and O–H groups in total. The van der Waals surface area contributed by atoms with Gasteiger partial charge in [-0.25, -0.2) is 9.97 Å². The number of aromatic amines is 1. The second kappa shape index (κ2) is 8.22. The molecule has 0 amide bonds. The third-order valence-corrected chi connectivity index (χ3v) is 6.86. The summed E-state index contributed by atoms with van der Waals surface area (Å²) in [6.45, 7) is 3.86. The summed E-state index contributed by atoms with van der Waals surface area (Å²) < 4.78 is 1.08. The minimum Gasteiger partial charge on any atom is -0.365 e. The molecule has 1 aromatic carbocycles. The van der Waals surface area contributed by atoms with Gasteiger partial charge in [-0.15, -0.1) is 11.3 Å². The van der Waals surface area contributed by atoms with E-state index < -0.39 is 0 Å². The first-order valence-corrected chi connectivity index (χ1v) is 11.3. The fraction of sp³-hybridized carbons (Fsp3) is 0.476. The fourth-order valence-electron chi connectivity index (χ4n) is 4.23. The molecule has 1 atom stereocenters. The molecule has 4 heterocycles. The number of H-pyrrole nitrogens is 1. The standard InChI is InChI=1S/C21H26N6OS/c28-20-17(21-25-15-5-1-2-6-16(15)29-21)19(24-14-4-3-9-23-12-14)26-18(27-20)13-7-10-22-11-8-13/h1-2,5-6,13-14,22-23H,3-4,7-12H2,(H2,24,26,27,28)/t14-/m1/s1. The van der Waals surface area contributed by atoms with Gasteiger partial charge >= 0.3 is 0 Å². The predicted octanol–water partition coefficient (Wildman–Crippen LogP) is 2.68. The molecule has 7 nitrogen and oxygen atoms in total. The summed E-state index contributed by atoms with van der Waals surface area (Å²) in [7, 11) is 0. The molecule has 8 heteroatoms. The van der Waals surface area contributed by atoms with Gasteiger partial charge in [0.25, 0.3) is 5.56 Å². The molecule has 2 aliphatic heterocycles. The Labute approximate surface area is 173 Å². The molecule has 0 radical (unpaired) electrons. The number of rotatable bonds is 4. The summed E-state index contributed by atoms with van der Waals surface area (Å²) in [5.41, 5.74) is 1.38. The van der Waals surface area contributed by atoms with Crippen LogP contribution in [0.4, 0.5) is 5.82 Å². The van der Waals surface area contributed by atoms with Gasteiger partial charge in [-0.1, -0.05) is 12.1 Å². The zero-order valence-corrected chi connectivity index (χ0v) is 17.1. The number of nitrogens with one attached hydrogen (secondary N) is 4. The van der Waals surface area contributed by atoms with Crippen LogP contribution in [-0.2, 0) is 0 Å². The number of fused-ring (bicyclic) bond motifs is 1. The highest BCUT2D eigenvalue weighted by molar-refractivity contribution is 7.21. The lowest BCUT2D eigenvalue weighted by Crippen LogP contribution is -2.39. The lowest BCUT2D eigenvalue weighted by atomic mass is 9.97. The maximum atomic E-state index is 13.2. The summed E-state index contributed by atoms with van der Waals surface area (Å²) >= 11 is 1.55. The Morgan fingerprint density at radius 1 is 1.03 bits per heavy atom. The van der Waals surface area contributed by atoms with Gasteiger partial charge in [-0.05, 0) is 57.5 Å². The van der Waals surface area contributed by atoms with E-state index in [-0.39, 0.29) is 11.6 Å². The van der Waals surface area contributed by atoms with Gasteiger partial charge in [0.1, 0.15) is 22.2 Å². The lowest BCUT2D eigenvalue weighted by molar-refractivity contribution is 0.443. The molecule has 0 unspecified atom stereocenters. The highest BCUT2D eigenvalue weighted by atomic mass is 32.1. The Kier molecular flexibility index (Phi) is 5.30. The van der Waals surface area contributed by atoms with Crippen molar-refractivity contribution in [3.63, 3.8) is 0 Å². The van der Waals surface area contributed by atoms with E-state index in [1.54, 1.807) is 11.3 Å². The molecule has 0 spiro atoms. The van der Waals surface area contributed by atoms with Gasteiger partial charge in [0.15, 0.2) is 0 Å². The highest BCUT2D eigenvalue weighted by Crippen LogP contribution is 2.33. The number of anilines is 1. The highest BCUT2D eigenvalue weighted by Gasteiger charge is 2.24. The van der Waals surface area contributed by atoms with E-state index in [0.29, 0.717) is 17.3 Å². The van der Waals surface area contributed by atoms with Crippen molar-refractivity contribution < 1.29 is 0 Å². The van der Waals surface area contributed by atoms with Crippen molar-refractivity contribution in [3.05, 3.63) is 40.4 Å². The number of hydrogen-bond acceptors (Lipinski definition) is 7. The van der Waals surface area contributed by atoms with Crippen LogP contribution in [0.15, 0.2) is 29.1 Å². The van der Waals surface area contributed by atoms with E-state index >= 15 is 0 Å². The van der Waals surface area contributed by atoms with Crippen LogP contribution in [0.25, 0.3) is 20.8 Å². The quantitative estimate of drug-likeness (QED) is 0.528. The molecule has 2 fully saturated rings. The van der Waals surface area contributed by atoms with Crippen molar-refractivity contribution in [1.29, 1.82) is 0 Å². The number of benzene rings is 1. The summed E-state index contributed by atoms with van der Waals surface area (Å²) in [4.78, 5) is 26.0. The first-order chi connectivity index (χ1) is 14.3. The summed E-state index contributed by atoms with van der Waals surface area (Å²) in [6.07, 6.45) is 4.18. The number of piperidine rings is 2. The maximum Gasteiger partial charge on any atom is 0.263 e. The zero-order valence-electron chi connectivity index (χ0n) is 16.3. The third kappa shape index (κ3) is 3.92. The molecule has 3 aromatic rings. The van der Waals surface area contributed by atoms with Crippen molar-refractivity contribution in [2.75, 3.05) is 31.5 Å². The molecule has 2 aliphatic rings. The maximum absolute atomic E-state index is 13.2. The summed E-state index contributed by atoms with van der Waals surface area (Å²) in [5.74, 6) is 1.76. The van der Waals surface area contributed by atoms with E-state index in [0.717, 1.165) is 72.9 Å². The molecule has 0 aliphatic carbocycles. The molecule has 2 aromatic heterocycles. The molecule has 0 saturated carbocycles. The molecule has 29 heavy (non-hydrogen) atoms. The Morgan fingerprint density at radius 2 is 1.90 bits per heavy atom. The Morgan fingerprint density at radius 3 is 2.69 bits per heavy atom. The van der Waals surface area contributed by atoms with Gasteiger partial charge in [-0.3, -0.25) is 4.79 Å². The minimum absolute atomic E-state index is 0.0983. The number of thiazole rings is 1. The Hall–Kier alpha value is -2.29. The van der Waals surface area contributed by atoms with Crippen molar-refractivity contribution in [3.8, 4) is 10.6 Å². The largest absolute Gasteiger partial charge is 0.365 e. The number of aromatic nitrogens is 3. The fourth-order valence-corrected chi connectivity index (χ4v) is 5.24. The van der Waals surface area contributed by atoms with E-state index in [9.17, 15) is 4.79 Å². The summed E-state index contributed by atoms with van der Waals surface area (Å²) in [6, 6.07) is 8.27. The third-order valence-electron chi connectivity index (χ3n) is 5.81. The van der Waals surface area contributed by atoms with Gasteiger partial charge < -0.3 is 20.9 Å². The zero-order chi connectivity index (χ0) is 19.6. The Balaban J connectivity index is 1.58. The number of para-hydroxylation sites is 1. The molecule has 5 rings (SSSR count). The van der Waals surface area contributed by atoms with E-state index in [2.05, 4.69) is 20.9 Å². The second-order valence-electron chi connectivity index (χ2n) is 7.87. The average molecular weight is 411 g/mol. The van der Waals surface area contributed by atoms with Crippen LogP contribution in [-0.4, -0.2) is 47.2 Å². The molecule has 0 bridgehead atoms. The first kappa shape index (κ1) is 18.7. The smallest absolute Gasteiger partial charge is 0.263 e. The number of hydrogen-bond donors (Lipinski definition) is 4. The van der Waals surface area contributed by atoms with E-state index in [4.69, 9.17) is 9.97 Å². The van der Waals surface area contributed by atoms with Gasteiger partial charge in [0, 0.05) is 18.5 Å². The van der Waals surface area contributed by atoms with Crippen LogP contribution in [0.5, 0.6) is 0 Å². The SMILES string of the molecule is O=c1[nH]c(C2CCNCC2)nc(N[C@@H]2CCCNC2)c1-c1nc2ccccc2s1. The van der Waals surface area contributed by atoms with Crippen LogP contribution < -0.4 is 21.5 Å². The molecular weight excluding hydrogens is 384 g/mol. The van der Waals surface area contributed by atoms with Crippen LogP contribution in [0.1, 0.15) is 37.4 Å². The number of nitrogens with zero attached hydrogens (tertiary/aromatic N) is 2. The van der Waals surface area contributed by atoms with Crippen LogP contribution in [0.2, 0.25) is 0 Å². The topological polar surface area (TPSA) is 94.7 Å². The molecule has 2 saturated heterocycles. The van der Waals surface area contributed by atoms with Gasteiger partial charge in [-0.2, -0.15) is 0 Å².